The predicted molar refractivity (Wildman–Crippen MR) is 82.1 cm³/mol. The Bertz CT molecular complexity index is 559. The summed E-state index contributed by atoms with van der Waals surface area (Å²) in [4.78, 5) is 0.305. The molecule has 0 aliphatic heterocycles. The quantitative estimate of drug-likeness (QED) is 0.855. The van der Waals surface area contributed by atoms with Gasteiger partial charge in [-0.3, -0.25) is 0 Å². The van der Waals surface area contributed by atoms with Crippen LogP contribution in [-0.2, 0) is 10.0 Å². The van der Waals surface area contributed by atoms with E-state index >= 15 is 0 Å². The summed E-state index contributed by atoms with van der Waals surface area (Å²) in [5, 5.41) is 0. The third kappa shape index (κ3) is 3.92. The molecule has 1 fully saturated rings. The lowest BCUT2D eigenvalue weighted by atomic mass is 9.78. The summed E-state index contributed by atoms with van der Waals surface area (Å²) in [6, 6.07) is 5.21. The standard InChI is InChI=1S/C12H17BrN2O2S.ClH/c1-9-3-4-10(13)7-11(9)18(16,17)15-8-12(14)5-2-6-12;/h3-4,7,15H,2,5-6,8,14H2,1H3;1H. The summed E-state index contributed by atoms with van der Waals surface area (Å²) >= 11 is 3.29. The number of hydrogen-bond acceptors (Lipinski definition) is 3. The van der Waals surface area contributed by atoms with Crippen LogP contribution in [0.15, 0.2) is 27.6 Å². The molecule has 1 aromatic rings. The fourth-order valence-corrected chi connectivity index (χ4v) is 3.91. The molecule has 0 atom stereocenters. The number of rotatable bonds is 4. The summed E-state index contributed by atoms with van der Waals surface area (Å²) in [5.74, 6) is 0. The second-order valence-electron chi connectivity index (χ2n) is 4.95. The van der Waals surface area contributed by atoms with Gasteiger partial charge in [-0.05, 0) is 43.9 Å². The summed E-state index contributed by atoms with van der Waals surface area (Å²) in [5.41, 5.74) is 6.39. The fourth-order valence-electron chi connectivity index (χ4n) is 1.99. The highest BCUT2D eigenvalue weighted by atomic mass is 79.9. The van der Waals surface area contributed by atoms with Gasteiger partial charge in [0.25, 0.3) is 0 Å². The second kappa shape index (κ2) is 6.10. The fraction of sp³-hybridized carbons (Fsp3) is 0.500. The van der Waals surface area contributed by atoms with Gasteiger partial charge in [0.05, 0.1) is 4.90 Å². The average molecular weight is 370 g/mol. The van der Waals surface area contributed by atoms with Crippen LogP contribution in [0.1, 0.15) is 24.8 Å². The molecular formula is C12H18BrClN2O2S. The monoisotopic (exact) mass is 368 g/mol. The molecule has 7 heteroatoms. The van der Waals surface area contributed by atoms with Crippen molar-refractivity contribution in [1.82, 2.24) is 4.72 Å². The summed E-state index contributed by atoms with van der Waals surface area (Å²) in [6.45, 7) is 2.09. The van der Waals surface area contributed by atoms with E-state index in [9.17, 15) is 8.42 Å². The van der Waals surface area contributed by atoms with E-state index in [1.807, 2.05) is 6.07 Å². The van der Waals surface area contributed by atoms with Crippen molar-refractivity contribution in [2.45, 2.75) is 36.6 Å². The molecular weight excluding hydrogens is 352 g/mol. The molecule has 2 rings (SSSR count). The van der Waals surface area contributed by atoms with Crippen molar-refractivity contribution < 1.29 is 8.42 Å². The van der Waals surface area contributed by atoms with E-state index in [2.05, 4.69) is 20.7 Å². The Labute approximate surface area is 128 Å². The van der Waals surface area contributed by atoms with Crippen molar-refractivity contribution in [3.05, 3.63) is 28.2 Å². The second-order valence-corrected chi connectivity index (χ2v) is 7.60. The lowest BCUT2D eigenvalue weighted by Gasteiger charge is -2.38. The van der Waals surface area contributed by atoms with Crippen molar-refractivity contribution in [3.63, 3.8) is 0 Å². The molecule has 19 heavy (non-hydrogen) atoms. The van der Waals surface area contributed by atoms with Gasteiger partial charge in [0.1, 0.15) is 0 Å². The van der Waals surface area contributed by atoms with Crippen molar-refractivity contribution in [1.29, 1.82) is 0 Å². The van der Waals surface area contributed by atoms with E-state index in [1.165, 1.54) is 0 Å². The molecule has 0 saturated heterocycles. The molecule has 0 spiro atoms. The summed E-state index contributed by atoms with van der Waals surface area (Å²) in [7, 11) is -3.48. The van der Waals surface area contributed by atoms with Gasteiger partial charge in [0.15, 0.2) is 0 Å². The average Bonchev–Trinajstić information content (AvgIpc) is 2.27. The van der Waals surface area contributed by atoms with Gasteiger partial charge in [-0.15, -0.1) is 12.4 Å². The third-order valence-electron chi connectivity index (χ3n) is 3.40. The minimum absolute atomic E-state index is 0. The Morgan fingerprint density at radius 1 is 1.42 bits per heavy atom. The van der Waals surface area contributed by atoms with E-state index in [0.29, 0.717) is 11.4 Å². The topological polar surface area (TPSA) is 72.2 Å². The number of nitrogens with one attached hydrogen (secondary N) is 1. The van der Waals surface area contributed by atoms with Crippen LogP contribution in [0.4, 0.5) is 0 Å². The van der Waals surface area contributed by atoms with Gasteiger partial charge in [0, 0.05) is 16.6 Å². The minimum atomic E-state index is -3.48. The van der Waals surface area contributed by atoms with Crippen LogP contribution in [0.5, 0.6) is 0 Å². The van der Waals surface area contributed by atoms with Crippen LogP contribution in [-0.4, -0.2) is 20.5 Å². The first kappa shape index (κ1) is 16.9. The Hall–Kier alpha value is -0.140. The number of sulfonamides is 1. The zero-order valence-corrected chi connectivity index (χ0v) is 13.9. The van der Waals surface area contributed by atoms with Crippen LogP contribution in [0.25, 0.3) is 0 Å². The van der Waals surface area contributed by atoms with Crippen LogP contribution in [0, 0.1) is 6.92 Å². The Morgan fingerprint density at radius 2 is 2.05 bits per heavy atom. The first-order valence-corrected chi connectivity index (χ1v) is 8.15. The van der Waals surface area contributed by atoms with Crippen molar-refractivity contribution in [2.24, 2.45) is 5.73 Å². The number of benzene rings is 1. The first-order chi connectivity index (χ1) is 8.32. The zero-order chi connectivity index (χ0) is 13.4. The van der Waals surface area contributed by atoms with Gasteiger partial charge in [0.2, 0.25) is 10.0 Å². The minimum Gasteiger partial charge on any atom is -0.324 e. The van der Waals surface area contributed by atoms with E-state index in [-0.39, 0.29) is 17.9 Å². The number of hydrogen-bond donors (Lipinski definition) is 2. The molecule has 3 N–H and O–H groups in total. The Morgan fingerprint density at radius 3 is 2.58 bits per heavy atom. The van der Waals surface area contributed by atoms with Crippen LogP contribution in [0.3, 0.4) is 0 Å². The van der Waals surface area contributed by atoms with Crippen LogP contribution < -0.4 is 10.5 Å². The molecule has 0 amide bonds. The maximum atomic E-state index is 12.2. The van der Waals surface area contributed by atoms with Gasteiger partial charge in [-0.2, -0.15) is 0 Å². The molecule has 0 bridgehead atoms. The molecule has 0 unspecified atom stereocenters. The summed E-state index contributed by atoms with van der Waals surface area (Å²) in [6.07, 6.45) is 2.84. The van der Waals surface area contributed by atoms with Crippen molar-refractivity contribution in [3.8, 4) is 0 Å². The molecule has 0 aromatic heterocycles. The van der Waals surface area contributed by atoms with Crippen LogP contribution >= 0.6 is 28.3 Å². The Balaban J connectivity index is 0.00000180. The maximum Gasteiger partial charge on any atom is 0.240 e. The normalized spacial score (nSPS) is 17.4. The lowest BCUT2D eigenvalue weighted by Crippen LogP contribution is -2.54. The predicted octanol–water partition coefficient (Wildman–Crippen LogP) is 2.34. The largest absolute Gasteiger partial charge is 0.324 e. The molecule has 1 aliphatic carbocycles. The third-order valence-corrected chi connectivity index (χ3v) is 5.44. The maximum absolute atomic E-state index is 12.2. The number of nitrogens with two attached hydrogens (primary N) is 1. The molecule has 0 heterocycles. The van der Waals surface area contributed by atoms with E-state index in [1.54, 1.807) is 19.1 Å². The highest BCUT2D eigenvalue weighted by molar-refractivity contribution is 9.10. The molecule has 1 saturated carbocycles. The molecule has 1 aliphatic rings. The molecule has 4 nitrogen and oxygen atoms in total. The van der Waals surface area contributed by atoms with E-state index in [0.717, 1.165) is 29.3 Å². The van der Waals surface area contributed by atoms with Gasteiger partial charge in [-0.1, -0.05) is 22.0 Å². The van der Waals surface area contributed by atoms with Gasteiger partial charge < -0.3 is 5.73 Å². The molecule has 108 valence electrons. The van der Waals surface area contributed by atoms with Crippen LogP contribution in [0.2, 0.25) is 0 Å². The SMILES string of the molecule is Cc1ccc(Br)cc1S(=O)(=O)NCC1(N)CCC1.Cl. The van der Waals surface area contributed by atoms with Crippen molar-refractivity contribution in [2.75, 3.05) is 6.54 Å². The smallest absolute Gasteiger partial charge is 0.240 e. The van der Waals surface area contributed by atoms with Gasteiger partial charge in [-0.25, -0.2) is 13.1 Å². The number of halogens is 2. The van der Waals surface area contributed by atoms with E-state index < -0.39 is 10.0 Å². The highest BCUT2D eigenvalue weighted by Gasteiger charge is 2.33. The highest BCUT2D eigenvalue weighted by Crippen LogP contribution is 2.29. The Kier molecular flexibility index (Phi) is 5.43. The summed E-state index contributed by atoms with van der Waals surface area (Å²) < 4.78 is 27.8. The van der Waals surface area contributed by atoms with Gasteiger partial charge >= 0.3 is 0 Å². The molecule has 0 radical (unpaired) electrons. The first-order valence-electron chi connectivity index (χ1n) is 5.87. The molecule has 1 aromatic carbocycles. The lowest BCUT2D eigenvalue weighted by molar-refractivity contribution is 0.251. The zero-order valence-electron chi connectivity index (χ0n) is 10.6. The van der Waals surface area contributed by atoms with E-state index in [4.69, 9.17) is 5.73 Å². The van der Waals surface area contributed by atoms with Crippen molar-refractivity contribution >= 4 is 38.4 Å². The number of aryl methyl sites for hydroxylation is 1.